The van der Waals surface area contributed by atoms with Gasteiger partial charge in [0.1, 0.15) is 6.10 Å². The van der Waals surface area contributed by atoms with Gasteiger partial charge in [0.05, 0.1) is 13.0 Å². The zero-order valence-electron chi connectivity index (χ0n) is 12.7. The van der Waals surface area contributed by atoms with Crippen LogP contribution in [0.15, 0.2) is 0 Å². The molecular weight excluding hydrogens is 427 g/mol. The van der Waals surface area contributed by atoms with Crippen molar-refractivity contribution in [1.82, 2.24) is 0 Å². The number of halogens is 13. The topological polar surface area (TPSA) is 46.5 Å². The highest BCUT2D eigenvalue weighted by Gasteiger charge is 2.91. The highest BCUT2D eigenvalue weighted by atomic mass is 19.4. The van der Waals surface area contributed by atoms with Crippen LogP contribution in [0, 0.1) is 0 Å². The SMILES string of the molecule is CCOC(=O)CC(O)C(F)(F)C(F)(F)C(F)(F)C(F)(F)C(F)(F)C(F)(F)F. The first kappa shape index (κ1) is 25.5. The van der Waals surface area contributed by atoms with E-state index in [1.165, 1.54) is 0 Å². The molecule has 0 aliphatic rings. The van der Waals surface area contributed by atoms with E-state index in [4.69, 9.17) is 5.11 Å². The molecule has 27 heavy (non-hydrogen) atoms. The maximum absolute atomic E-state index is 13.4. The van der Waals surface area contributed by atoms with Gasteiger partial charge >= 0.3 is 41.8 Å². The van der Waals surface area contributed by atoms with E-state index in [-0.39, 0.29) is 0 Å². The Hall–Kier alpha value is -1.48. The second kappa shape index (κ2) is 7.16. The lowest BCUT2D eigenvalue weighted by molar-refractivity contribution is -0.444. The van der Waals surface area contributed by atoms with Crippen LogP contribution in [-0.2, 0) is 9.53 Å². The Morgan fingerprint density at radius 1 is 0.778 bits per heavy atom. The fraction of sp³-hybridized carbons (Fsp3) is 0.909. The molecule has 0 rings (SSSR count). The summed E-state index contributed by atoms with van der Waals surface area (Å²) in [6.07, 6.45) is -13.9. The summed E-state index contributed by atoms with van der Waals surface area (Å²) in [4.78, 5) is 10.8. The summed E-state index contributed by atoms with van der Waals surface area (Å²) in [5, 5.41) is 8.78. The highest BCUT2D eigenvalue weighted by molar-refractivity contribution is 5.70. The van der Waals surface area contributed by atoms with Gasteiger partial charge < -0.3 is 9.84 Å². The van der Waals surface area contributed by atoms with E-state index in [9.17, 15) is 61.9 Å². The first-order valence-corrected chi connectivity index (χ1v) is 6.42. The molecule has 0 aromatic heterocycles. The summed E-state index contributed by atoms with van der Waals surface area (Å²) in [5.41, 5.74) is 0. The van der Waals surface area contributed by atoms with Gasteiger partial charge in [-0.25, -0.2) is 0 Å². The van der Waals surface area contributed by atoms with Gasteiger partial charge in [-0.2, -0.15) is 57.1 Å². The highest BCUT2D eigenvalue weighted by Crippen LogP contribution is 2.60. The Labute approximate surface area is 141 Å². The lowest BCUT2D eigenvalue weighted by Gasteiger charge is -2.40. The van der Waals surface area contributed by atoms with Gasteiger partial charge in [0.15, 0.2) is 0 Å². The van der Waals surface area contributed by atoms with Crippen LogP contribution in [0.5, 0.6) is 0 Å². The summed E-state index contributed by atoms with van der Waals surface area (Å²) < 4.78 is 170. The van der Waals surface area contributed by atoms with Crippen LogP contribution in [0.4, 0.5) is 57.1 Å². The molecular formula is C11H9F13O3. The predicted molar refractivity (Wildman–Crippen MR) is 58.0 cm³/mol. The number of rotatable bonds is 8. The minimum absolute atomic E-state index is 0.584. The minimum Gasteiger partial charge on any atom is -0.466 e. The molecule has 1 atom stereocenters. The summed E-state index contributed by atoms with van der Waals surface area (Å²) in [5.74, 6) is -40.2. The Morgan fingerprint density at radius 3 is 1.48 bits per heavy atom. The van der Waals surface area contributed by atoms with Crippen molar-refractivity contribution in [3.63, 3.8) is 0 Å². The number of alkyl halides is 13. The lowest BCUT2D eigenvalue weighted by Crippen LogP contribution is -2.71. The normalized spacial score (nSPS) is 16.3. The Kier molecular flexibility index (Phi) is 6.77. The number of esters is 1. The number of ether oxygens (including phenoxy) is 1. The molecule has 0 aliphatic heterocycles. The van der Waals surface area contributed by atoms with E-state index in [2.05, 4.69) is 4.74 Å². The van der Waals surface area contributed by atoms with Crippen molar-refractivity contribution in [3.8, 4) is 0 Å². The van der Waals surface area contributed by atoms with Gasteiger partial charge in [0.2, 0.25) is 0 Å². The van der Waals surface area contributed by atoms with Crippen LogP contribution in [0.1, 0.15) is 13.3 Å². The van der Waals surface area contributed by atoms with Gasteiger partial charge in [-0.3, -0.25) is 4.79 Å². The quantitative estimate of drug-likeness (QED) is 0.462. The van der Waals surface area contributed by atoms with Crippen LogP contribution in [-0.4, -0.2) is 59.6 Å². The maximum atomic E-state index is 13.4. The number of carbonyl (C=O) groups excluding carboxylic acids is 1. The molecule has 1 unspecified atom stereocenters. The molecule has 0 spiro atoms. The molecule has 0 aliphatic carbocycles. The minimum atomic E-state index is -8.06. The number of carbonyl (C=O) groups is 1. The molecule has 0 bridgehead atoms. The van der Waals surface area contributed by atoms with Crippen molar-refractivity contribution in [2.75, 3.05) is 6.61 Å². The first-order chi connectivity index (χ1) is 11.6. The predicted octanol–water partition coefficient (Wildman–Crippen LogP) is 4.04. The lowest BCUT2D eigenvalue weighted by atomic mass is 9.90. The number of hydrogen-bond donors (Lipinski definition) is 1. The first-order valence-electron chi connectivity index (χ1n) is 6.42. The van der Waals surface area contributed by atoms with Crippen LogP contribution < -0.4 is 0 Å². The molecule has 0 aromatic rings. The molecule has 0 saturated heterocycles. The van der Waals surface area contributed by atoms with Gasteiger partial charge in [-0.1, -0.05) is 0 Å². The third-order valence-corrected chi connectivity index (χ3v) is 3.04. The molecule has 1 N–H and O–H groups in total. The third-order valence-electron chi connectivity index (χ3n) is 3.04. The van der Waals surface area contributed by atoms with Crippen molar-refractivity contribution >= 4 is 5.97 Å². The molecule has 16 heteroatoms. The van der Waals surface area contributed by atoms with Crippen molar-refractivity contribution in [2.45, 2.75) is 55.2 Å². The van der Waals surface area contributed by atoms with Crippen LogP contribution in [0.2, 0.25) is 0 Å². The van der Waals surface area contributed by atoms with Crippen LogP contribution in [0.3, 0.4) is 0 Å². The summed E-state index contributed by atoms with van der Waals surface area (Å²) in [7, 11) is 0. The second-order valence-corrected chi connectivity index (χ2v) is 4.94. The van der Waals surface area contributed by atoms with Crippen molar-refractivity contribution < 1.29 is 71.7 Å². The van der Waals surface area contributed by atoms with E-state index in [1.54, 1.807) is 0 Å². The smallest absolute Gasteiger partial charge is 0.460 e. The number of aliphatic hydroxyl groups is 1. The van der Waals surface area contributed by atoms with E-state index >= 15 is 0 Å². The largest absolute Gasteiger partial charge is 0.466 e. The average molecular weight is 436 g/mol. The van der Waals surface area contributed by atoms with E-state index in [1.807, 2.05) is 0 Å². The van der Waals surface area contributed by atoms with Crippen LogP contribution >= 0.6 is 0 Å². The average Bonchev–Trinajstić information content (AvgIpc) is 2.45. The molecule has 0 heterocycles. The van der Waals surface area contributed by atoms with E-state index in [0.29, 0.717) is 0 Å². The zero-order chi connectivity index (χ0) is 22.3. The molecule has 3 nitrogen and oxygen atoms in total. The summed E-state index contributed by atoms with van der Waals surface area (Å²) in [6.45, 7) is 0.463. The van der Waals surface area contributed by atoms with Gasteiger partial charge in [-0.05, 0) is 6.92 Å². The molecule has 0 fully saturated rings. The Balaban J connectivity index is 6.11. The number of aliphatic hydroxyl groups excluding tert-OH is 1. The zero-order valence-corrected chi connectivity index (χ0v) is 12.7. The Bertz CT molecular complexity index is 540. The summed E-state index contributed by atoms with van der Waals surface area (Å²) >= 11 is 0. The third kappa shape index (κ3) is 3.89. The summed E-state index contributed by atoms with van der Waals surface area (Å²) in [6, 6.07) is 0. The fourth-order valence-corrected chi connectivity index (χ4v) is 1.50. The van der Waals surface area contributed by atoms with E-state index in [0.717, 1.165) is 6.92 Å². The van der Waals surface area contributed by atoms with Crippen molar-refractivity contribution in [2.24, 2.45) is 0 Å². The molecule has 0 radical (unpaired) electrons. The molecule has 0 amide bonds. The Morgan fingerprint density at radius 2 is 1.15 bits per heavy atom. The van der Waals surface area contributed by atoms with Crippen molar-refractivity contribution in [3.05, 3.63) is 0 Å². The monoisotopic (exact) mass is 436 g/mol. The van der Waals surface area contributed by atoms with Crippen LogP contribution in [0.25, 0.3) is 0 Å². The maximum Gasteiger partial charge on any atom is 0.460 e. The standard InChI is InChI=1S/C11H9F13O3/c1-2-27-5(26)3-4(25)6(12,13)7(14,15)8(16,17)9(18,19)10(20,21)11(22,23)24/h4,25H,2-3H2,1H3. The molecule has 0 saturated carbocycles. The van der Waals surface area contributed by atoms with Crippen molar-refractivity contribution in [1.29, 1.82) is 0 Å². The van der Waals surface area contributed by atoms with Gasteiger partial charge in [0.25, 0.3) is 0 Å². The fourth-order valence-electron chi connectivity index (χ4n) is 1.50. The van der Waals surface area contributed by atoms with E-state index < -0.39 is 60.9 Å². The number of hydrogen-bond acceptors (Lipinski definition) is 3. The molecule has 0 aromatic carbocycles. The second-order valence-electron chi connectivity index (χ2n) is 4.94. The molecule has 162 valence electrons. The van der Waals surface area contributed by atoms with Gasteiger partial charge in [0, 0.05) is 0 Å². The van der Waals surface area contributed by atoms with Gasteiger partial charge in [-0.15, -0.1) is 0 Å².